The zero-order chi connectivity index (χ0) is 16.1. The second-order valence-corrected chi connectivity index (χ2v) is 5.42. The first-order valence-corrected chi connectivity index (χ1v) is 7.35. The first-order valence-electron chi connectivity index (χ1n) is 7.35. The van der Waals surface area contributed by atoms with Crippen molar-refractivity contribution in [1.82, 2.24) is 5.32 Å². The highest BCUT2D eigenvalue weighted by molar-refractivity contribution is 5.35. The number of benzene rings is 2. The van der Waals surface area contributed by atoms with Crippen molar-refractivity contribution in [1.29, 1.82) is 0 Å². The van der Waals surface area contributed by atoms with E-state index in [4.69, 9.17) is 4.74 Å². The quantitative estimate of drug-likeness (QED) is 0.856. The maximum absolute atomic E-state index is 13.0. The number of hydrogen-bond acceptors (Lipinski definition) is 3. The van der Waals surface area contributed by atoms with Crippen molar-refractivity contribution < 1.29 is 14.2 Å². The minimum Gasteiger partial charge on any atom is -0.496 e. The summed E-state index contributed by atoms with van der Waals surface area (Å²) in [6.07, 6.45) is -0.710. The van der Waals surface area contributed by atoms with Crippen molar-refractivity contribution in [2.45, 2.75) is 32.0 Å². The van der Waals surface area contributed by atoms with Gasteiger partial charge in [0.2, 0.25) is 0 Å². The van der Waals surface area contributed by atoms with Crippen LogP contribution in [0.25, 0.3) is 0 Å². The van der Waals surface area contributed by atoms with Gasteiger partial charge in [-0.3, -0.25) is 0 Å². The van der Waals surface area contributed by atoms with Crippen LogP contribution in [0.5, 0.6) is 5.75 Å². The standard InChI is InChI=1S/C18H22FNO2/c1-12(16-6-4-5-7-17(16)22-3)20-13(2)18(21)14-8-10-15(19)11-9-14/h4-13,18,20-21H,1-3H3. The lowest BCUT2D eigenvalue weighted by Crippen LogP contribution is -2.34. The summed E-state index contributed by atoms with van der Waals surface area (Å²) in [5, 5.41) is 13.7. The first kappa shape index (κ1) is 16.5. The van der Waals surface area contributed by atoms with Gasteiger partial charge in [0, 0.05) is 17.6 Å². The molecular formula is C18H22FNO2. The zero-order valence-electron chi connectivity index (χ0n) is 13.1. The monoisotopic (exact) mass is 303 g/mol. The molecule has 2 N–H and O–H groups in total. The predicted octanol–water partition coefficient (Wildman–Crippen LogP) is 3.61. The molecule has 0 saturated carbocycles. The van der Waals surface area contributed by atoms with Gasteiger partial charge in [-0.1, -0.05) is 30.3 Å². The van der Waals surface area contributed by atoms with E-state index in [9.17, 15) is 9.50 Å². The van der Waals surface area contributed by atoms with E-state index in [1.807, 2.05) is 38.1 Å². The average molecular weight is 303 g/mol. The molecule has 3 nitrogen and oxygen atoms in total. The third kappa shape index (κ3) is 3.84. The Hall–Kier alpha value is -1.91. The zero-order valence-corrected chi connectivity index (χ0v) is 13.1. The largest absolute Gasteiger partial charge is 0.496 e. The molecule has 2 aromatic carbocycles. The summed E-state index contributed by atoms with van der Waals surface area (Å²) in [4.78, 5) is 0. The van der Waals surface area contributed by atoms with Crippen molar-refractivity contribution in [3.8, 4) is 5.75 Å². The molecule has 2 aromatic rings. The van der Waals surface area contributed by atoms with Gasteiger partial charge in [-0.05, 0) is 37.6 Å². The SMILES string of the molecule is COc1ccccc1C(C)NC(C)C(O)c1ccc(F)cc1. The molecule has 0 saturated heterocycles. The highest BCUT2D eigenvalue weighted by Gasteiger charge is 2.20. The number of methoxy groups -OCH3 is 1. The van der Waals surface area contributed by atoms with Crippen LogP contribution < -0.4 is 10.1 Å². The molecule has 0 amide bonds. The van der Waals surface area contributed by atoms with Crippen LogP contribution in [0.3, 0.4) is 0 Å². The molecule has 0 spiro atoms. The summed E-state index contributed by atoms with van der Waals surface area (Å²) in [6.45, 7) is 3.92. The normalized spacial score (nSPS) is 15.1. The molecule has 0 heterocycles. The van der Waals surface area contributed by atoms with Crippen LogP contribution in [0.1, 0.15) is 37.1 Å². The van der Waals surface area contributed by atoms with E-state index in [2.05, 4.69) is 5.32 Å². The number of aliphatic hydroxyl groups excluding tert-OH is 1. The van der Waals surface area contributed by atoms with Crippen molar-refractivity contribution in [3.05, 3.63) is 65.5 Å². The number of hydrogen-bond donors (Lipinski definition) is 2. The first-order chi connectivity index (χ1) is 10.5. The topological polar surface area (TPSA) is 41.5 Å². The van der Waals surface area contributed by atoms with Crippen LogP contribution in [-0.4, -0.2) is 18.3 Å². The van der Waals surface area contributed by atoms with Crippen LogP contribution >= 0.6 is 0 Å². The molecule has 0 bridgehead atoms. The third-order valence-electron chi connectivity index (χ3n) is 3.80. The van der Waals surface area contributed by atoms with Crippen molar-refractivity contribution in [2.24, 2.45) is 0 Å². The Balaban J connectivity index is 2.07. The maximum Gasteiger partial charge on any atom is 0.123 e. The fourth-order valence-corrected chi connectivity index (χ4v) is 2.55. The van der Waals surface area contributed by atoms with Gasteiger partial charge in [0.25, 0.3) is 0 Å². The molecule has 118 valence electrons. The maximum atomic E-state index is 13.0. The van der Waals surface area contributed by atoms with Gasteiger partial charge in [-0.2, -0.15) is 0 Å². The van der Waals surface area contributed by atoms with E-state index >= 15 is 0 Å². The second kappa shape index (κ2) is 7.38. The van der Waals surface area contributed by atoms with Gasteiger partial charge in [0.1, 0.15) is 11.6 Å². The fourth-order valence-electron chi connectivity index (χ4n) is 2.55. The Morgan fingerprint density at radius 3 is 2.32 bits per heavy atom. The summed E-state index contributed by atoms with van der Waals surface area (Å²) >= 11 is 0. The van der Waals surface area contributed by atoms with Gasteiger partial charge in [0.15, 0.2) is 0 Å². The second-order valence-electron chi connectivity index (χ2n) is 5.42. The number of aliphatic hydroxyl groups is 1. The smallest absolute Gasteiger partial charge is 0.123 e. The molecule has 0 aliphatic rings. The van der Waals surface area contributed by atoms with Crippen LogP contribution in [0.15, 0.2) is 48.5 Å². The van der Waals surface area contributed by atoms with Crippen LogP contribution in [0, 0.1) is 5.82 Å². The Morgan fingerprint density at radius 2 is 1.68 bits per heavy atom. The van der Waals surface area contributed by atoms with E-state index in [-0.39, 0.29) is 17.9 Å². The van der Waals surface area contributed by atoms with Crippen LogP contribution in [0.4, 0.5) is 4.39 Å². The predicted molar refractivity (Wildman–Crippen MR) is 85.4 cm³/mol. The lowest BCUT2D eigenvalue weighted by Gasteiger charge is -2.26. The molecule has 4 heteroatoms. The summed E-state index contributed by atoms with van der Waals surface area (Å²) in [5.41, 5.74) is 1.72. The Kier molecular flexibility index (Phi) is 5.52. The Morgan fingerprint density at radius 1 is 1.05 bits per heavy atom. The van der Waals surface area contributed by atoms with Crippen molar-refractivity contribution >= 4 is 0 Å². The Bertz CT molecular complexity index is 600. The van der Waals surface area contributed by atoms with Gasteiger partial charge < -0.3 is 15.2 Å². The number of nitrogens with one attached hydrogen (secondary N) is 1. The molecule has 3 unspecified atom stereocenters. The number of rotatable bonds is 6. The summed E-state index contributed by atoms with van der Waals surface area (Å²) in [5.74, 6) is 0.505. The summed E-state index contributed by atoms with van der Waals surface area (Å²) in [7, 11) is 1.64. The average Bonchev–Trinajstić information content (AvgIpc) is 2.54. The van der Waals surface area contributed by atoms with E-state index < -0.39 is 6.10 Å². The number of ether oxygens (including phenoxy) is 1. The minimum absolute atomic E-state index is 0.0150. The van der Waals surface area contributed by atoms with Crippen molar-refractivity contribution in [3.63, 3.8) is 0 Å². The molecule has 0 radical (unpaired) electrons. The summed E-state index contributed by atoms with van der Waals surface area (Å²) < 4.78 is 18.3. The molecular weight excluding hydrogens is 281 g/mol. The molecule has 2 rings (SSSR count). The number of para-hydroxylation sites is 1. The molecule has 22 heavy (non-hydrogen) atoms. The summed E-state index contributed by atoms with van der Waals surface area (Å²) in [6, 6.07) is 13.5. The lowest BCUT2D eigenvalue weighted by atomic mass is 10.0. The highest BCUT2D eigenvalue weighted by Crippen LogP contribution is 2.26. The number of halogens is 1. The molecule has 3 atom stereocenters. The van der Waals surface area contributed by atoms with E-state index in [1.165, 1.54) is 12.1 Å². The fraction of sp³-hybridized carbons (Fsp3) is 0.333. The minimum atomic E-state index is -0.710. The third-order valence-corrected chi connectivity index (χ3v) is 3.80. The molecule has 0 aliphatic heterocycles. The van der Waals surface area contributed by atoms with Gasteiger partial charge in [0.05, 0.1) is 13.2 Å². The molecule has 0 aromatic heterocycles. The Labute approximate surface area is 130 Å². The highest BCUT2D eigenvalue weighted by atomic mass is 19.1. The van der Waals surface area contributed by atoms with Gasteiger partial charge >= 0.3 is 0 Å². The van der Waals surface area contributed by atoms with Crippen LogP contribution in [-0.2, 0) is 0 Å². The molecule has 0 fully saturated rings. The molecule has 0 aliphatic carbocycles. The van der Waals surface area contributed by atoms with Crippen LogP contribution in [0.2, 0.25) is 0 Å². The van der Waals surface area contributed by atoms with Crippen molar-refractivity contribution in [2.75, 3.05) is 7.11 Å². The lowest BCUT2D eigenvalue weighted by molar-refractivity contribution is 0.130. The van der Waals surface area contributed by atoms with E-state index in [0.29, 0.717) is 5.56 Å². The van der Waals surface area contributed by atoms with E-state index in [1.54, 1.807) is 19.2 Å². The van der Waals surface area contributed by atoms with E-state index in [0.717, 1.165) is 11.3 Å². The van der Waals surface area contributed by atoms with Gasteiger partial charge in [-0.15, -0.1) is 0 Å². The van der Waals surface area contributed by atoms with Gasteiger partial charge in [-0.25, -0.2) is 4.39 Å².